The van der Waals surface area contributed by atoms with E-state index in [1.807, 2.05) is 49.3 Å². The van der Waals surface area contributed by atoms with Crippen LogP contribution in [0.2, 0.25) is 5.02 Å². The lowest BCUT2D eigenvalue weighted by atomic mass is 9.75. The van der Waals surface area contributed by atoms with Crippen LogP contribution in [0.3, 0.4) is 0 Å². The molecule has 0 aromatic heterocycles. The predicted octanol–water partition coefficient (Wildman–Crippen LogP) is 2.16. The number of likely N-dealkylation sites (tertiary alicyclic amines) is 1. The van der Waals surface area contributed by atoms with Gasteiger partial charge in [-0.3, -0.25) is 24.1 Å². The number of nitrogens with zero attached hydrogens (tertiary/aromatic N) is 4. The minimum atomic E-state index is -1.39. The summed E-state index contributed by atoms with van der Waals surface area (Å²) in [5.74, 6) is -1.28. The lowest BCUT2D eigenvalue weighted by Crippen LogP contribution is -2.54. The molecule has 4 amide bonds. The molecule has 1 atom stereocenters. The van der Waals surface area contributed by atoms with Gasteiger partial charge in [-0.2, -0.15) is 0 Å². The fourth-order valence-electron chi connectivity index (χ4n) is 4.76. The van der Waals surface area contributed by atoms with E-state index in [0.29, 0.717) is 30.2 Å². The highest BCUT2D eigenvalue weighted by atomic mass is 35.5. The van der Waals surface area contributed by atoms with Gasteiger partial charge in [0.25, 0.3) is 0 Å². The summed E-state index contributed by atoms with van der Waals surface area (Å²) in [6.45, 7) is 1.36. The Bertz CT molecular complexity index is 1140. The lowest BCUT2D eigenvalue weighted by Gasteiger charge is -2.36. The molecule has 9 heteroatoms. The summed E-state index contributed by atoms with van der Waals surface area (Å²) in [5.41, 5.74) is -0.140. The molecule has 4 rings (SSSR count). The van der Waals surface area contributed by atoms with E-state index in [4.69, 9.17) is 11.6 Å². The molecule has 0 aliphatic carbocycles. The monoisotopic (exact) mass is 496 g/mol. The number of carbonyl (C=O) groups excluding carboxylic acids is 4. The van der Waals surface area contributed by atoms with Gasteiger partial charge >= 0.3 is 0 Å². The lowest BCUT2D eigenvalue weighted by molar-refractivity contribution is -0.143. The Balaban J connectivity index is 1.58. The molecular weight excluding hydrogens is 468 g/mol. The van der Waals surface area contributed by atoms with Gasteiger partial charge in [0.05, 0.1) is 5.41 Å². The molecule has 2 saturated heterocycles. The van der Waals surface area contributed by atoms with Gasteiger partial charge < -0.3 is 14.7 Å². The first-order valence-electron chi connectivity index (χ1n) is 11.6. The van der Waals surface area contributed by atoms with Crippen molar-refractivity contribution in [3.8, 4) is 0 Å². The zero-order chi connectivity index (χ0) is 25.2. The zero-order valence-electron chi connectivity index (χ0n) is 19.9. The van der Waals surface area contributed by atoms with Gasteiger partial charge in [0.1, 0.15) is 6.54 Å². The maximum atomic E-state index is 13.7. The minimum Gasteiger partial charge on any atom is -0.332 e. The molecule has 0 saturated carbocycles. The van der Waals surface area contributed by atoms with E-state index in [0.717, 1.165) is 5.69 Å². The SMILES string of the molecule is CN(C)CCN1C(=O)CC(CC(=O)N2CCN(c3ccccc3)C(=O)C2)(c2ccccc2Cl)C1=O. The molecule has 2 aliphatic rings. The smallest absolute Gasteiger partial charge is 0.246 e. The maximum absolute atomic E-state index is 13.7. The Morgan fingerprint density at radius 3 is 2.31 bits per heavy atom. The van der Waals surface area contributed by atoms with Crippen LogP contribution in [-0.2, 0) is 24.6 Å². The van der Waals surface area contributed by atoms with E-state index in [9.17, 15) is 19.2 Å². The van der Waals surface area contributed by atoms with Crippen LogP contribution in [0.4, 0.5) is 5.69 Å². The number of anilines is 1. The van der Waals surface area contributed by atoms with Gasteiger partial charge in [0, 0.05) is 49.7 Å². The van der Waals surface area contributed by atoms with Gasteiger partial charge in [0.15, 0.2) is 0 Å². The van der Waals surface area contributed by atoms with Crippen LogP contribution in [-0.4, -0.2) is 85.1 Å². The number of hydrogen-bond acceptors (Lipinski definition) is 5. The molecule has 0 N–H and O–H groups in total. The first-order valence-corrected chi connectivity index (χ1v) is 12.0. The van der Waals surface area contributed by atoms with Gasteiger partial charge in [0.2, 0.25) is 23.6 Å². The van der Waals surface area contributed by atoms with Gasteiger partial charge in [-0.15, -0.1) is 0 Å². The normalized spacial score (nSPS) is 20.8. The number of piperazine rings is 1. The maximum Gasteiger partial charge on any atom is 0.246 e. The Morgan fingerprint density at radius 1 is 0.971 bits per heavy atom. The number of benzene rings is 2. The third kappa shape index (κ3) is 4.94. The van der Waals surface area contributed by atoms with Crippen molar-refractivity contribution in [1.29, 1.82) is 0 Å². The molecule has 0 spiro atoms. The summed E-state index contributed by atoms with van der Waals surface area (Å²) in [6, 6.07) is 16.2. The average Bonchev–Trinajstić information content (AvgIpc) is 3.07. The van der Waals surface area contributed by atoms with Crippen LogP contribution in [0.5, 0.6) is 0 Å². The number of carbonyl (C=O) groups is 4. The summed E-state index contributed by atoms with van der Waals surface area (Å²) in [5, 5.41) is 0.334. The van der Waals surface area contributed by atoms with Crippen molar-refractivity contribution < 1.29 is 19.2 Å². The number of rotatable bonds is 7. The van der Waals surface area contributed by atoms with E-state index in [1.54, 1.807) is 29.2 Å². The molecule has 2 heterocycles. The molecule has 8 nitrogen and oxygen atoms in total. The first-order chi connectivity index (χ1) is 16.7. The highest BCUT2D eigenvalue weighted by Crippen LogP contribution is 2.43. The second-order valence-corrected chi connectivity index (χ2v) is 9.67. The molecule has 0 bridgehead atoms. The molecule has 2 aliphatic heterocycles. The van der Waals surface area contributed by atoms with Crippen molar-refractivity contribution in [2.75, 3.05) is 51.7 Å². The predicted molar refractivity (Wildman–Crippen MR) is 133 cm³/mol. The second-order valence-electron chi connectivity index (χ2n) is 9.27. The topological polar surface area (TPSA) is 81.2 Å². The summed E-state index contributed by atoms with van der Waals surface area (Å²) >= 11 is 6.49. The van der Waals surface area contributed by atoms with Crippen molar-refractivity contribution in [1.82, 2.24) is 14.7 Å². The highest BCUT2D eigenvalue weighted by molar-refractivity contribution is 6.32. The number of likely N-dealkylation sites (N-methyl/N-ethyl adjacent to an activating group) is 1. The van der Waals surface area contributed by atoms with Crippen LogP contribution >= 0.6 is 11.6 Å². The van der Waals surface area contributed by atoms with Crippen LogP contribution in [0.25, 0.3) is 0 Å². The Morgan fingerprint density at radius 2 is 1.66 bits per heavy atom. The average molecular weight is 497 g/mol. The summed E-state index contributed by atoms with van der Waals surface area (Å²) < 4.78 is 0. The summed E-state index contributed by atoms with van der Waals surface area (Å²) in [6.07, 6.45) is -0.356. The van der Waals surface area contributed by atoms with Gasteiger partial charge in [-0.1, -0.05) is 48.0 Å². The molecule has 35 heavy (non-hydrogen) atoms. The van der Waals surface area contributed by atoms with Gasteiger partial charge in [-0.25, -0.2) is 0 Å². The molecule has 184 valence electrons. The van der Waals surface area contributed by atoms with Crippen molar-refractivity contribution in [3.63, 3.8) is 0 Å². The first kappa shape index (κ1) is 24.9. The quantitative estimate of drug-likeness (QED) is 0.549. The van der Waals surface area contributed by atoms with Crippen LogP contribution in [0.15, 0.2) is 54.6 Å². The van der Waals surface area contributed by atoms with Crippen LogP contribution < -0.4 is 4.90 Å². The van der Waals surface area contributed by atoms with Crippen molar-refractivity contribution in [2.24, 2.45) is 0 Å². The third-order valence-electron chi connectivity index (χ3n) is 6.66. The van der Waals surface area contributed by atoms with Crippen molar-refractivity contribution in [2.45, 2.75) is 18.3 Å². The number of para-hydroxylation sites is 1. The number of halogens is 1. The zero-order valence-corrected chi connectivity index (χ0v) is 20.7. The molecule has 0 radical (unpaired) electrons. The molecular formula is C26H29ClN4O4. The standard InChI is InChI=1S/C26H29ClN4O4/c1-28(2)12-14-31-23(33)17-26(25(31)35,20-10-6-7-11-21(20)27)16-22(32)29-13-15-30(24(34)18-29)19-8-4-3-5-9-19/h3-11H,12-18H2,1-2H3. The van der Waals surface area contributed by atoms with Crippen molar-refractivity contribution >= 4 is 40.9 Å². The van der Waals surface area contributed by atoms with Crippen LogP contribution in [0.1, 0.15) is 18.4 Å². The number of imide groups is 1. The van der Waals surface area contributed by atoms with E-state index < -0.39 is 11.3 Å². The molecule has 2 fully saturated rings. The largest absolute Gasteiger partial charge is 0.332 e. The minimum absolute atomic E-state index is 0.0845. The van der Waals surface area contributed by atoms with Gasteiger partial charge in [-0.05, 0) is 37.9 Å². The number of amides is 4. The summed E-state index contributed by atoms with van der Waals surface area (Å²) in [4.78, 5) is 59.2. The molecule has 1 unspecified atom stereocenters. The fraction of sp³-hybridized carbons (Fsp3) is 0.385. The van der Waals surface area contributed by atoms with Crippen LogP contribution in [0, 0.1) is 0 Å². The molecule has 2 aromatic rings. The van der Waals surface area contributed by atoms with E-state index in [-0.39, 0.29) is 43.7 Å². The van der Waals surface area contributed by atoms with E-state index >= 15 is 0 Å². The van der Waals surface area contributed by atoms with Crippen molar-refractivity contribution in [3.05, 3.63) is 65.2 Å². The Kier molecular flexibility index (Phi) is 7.23. The van der Waals surface area contributed by atoms with E-state index in [2.05, 4.69) is 0 Å². The van der Waals surface area contributed by atoms with E-state index in [1.165, 1.54) is 9.80 Å². The third-order valence-corrected chi connectivity index (χ3v) is 6.99. The Labute approximate surface area is 210 Å². The fourth-order valence-corrected chi connectivity index (χ4v) is 5.07. The summed E-state index contributed by atoms with van der Waals surface area (Å²) in [7, 11) is 3.73. The highest BCUT2D eigenvalue weighted by Gasteiger charge is 2.55. The Hall–Kier alpha value is -3.23. The molecule has 2 aromatic carbocycles. The number of hydrogen-bond donors (Lipinski definition) is 0. The second kappa shape index (κ2) is 10.2.